The Morgan fingerprint density at radius 1 is 1.30 bits per heavy atom. The molecule has 2 aliphatic rings. The van der Waals surface area contributed by atoms with Crippen LogP contribution in [0.3, 0.4) is 0 Å². The second-order valence-electron chi connectivity index (χ2n) is 7.33. The van der Waals surface area contributed by atoms with Gasteiger partial charge in [0.05, 0.1) is 11.0 Å². The Hall–Kier alpha value is -2.12. The first kappa shape index (κ1) is 15.8. The molecular formula is C15H22N4O4. The number of hydrogen-bond acceptors (Lipinski definition) is 5. The lowest BCUT2D eigenvalue weighted by atomic mass is 9.98. The van der Waals surface area contributed by atoms with Crippen LogP contribution in [0.5, 0.6) is 0 Å². The van der Waals surface area contributed by atoms with Crippen LogP contribution >= 0.6 is 0 Å². The molecule has 0 radical (unpaired) electrons. The standard InChI is InChI=1S/C15H22N4O4/c1-15(2,3)23-14(20)18-10-4-5-11(18)7-12(6-10)17-9-13(8-16-17)19(21)22/h8-12H,4-7H2,1-3H3. The highest BCUT2D eigenvalue weighted by atomic mass is 16.6. The molecule has 3 heterocycles. The monoisotopic (exact) mass is 322 g/mol. The molecule has 2 saturated heterocycles. The van der Waals surface area contributed by atoms with Crippen LogP contribution in [0.1, 0.15) is 52.5 Å². The van der Waals surface area contributed by atoms with Gasteiger partial charge in [0.15, 0.2) is 0 Å². The molecule has 1 aromatic heterocycles. The number of aromatic nitrogens is 2. The largest absolute Gasteiger partial charge is 0.444 e. The summed E-state index contributed by atoms with van der Waals surface area (Å²) in [5, 5.41) is 14.9. The molecule has 1 amide bonds. The van der Waals surface area contributed by atoms with E-state index in [1.807, 2.05) is 25.7 Å². The lowest BCUT2D eigenvalue weighted by Crippen LogP contribution is -2.48. The molecule has 2 atom stereocenters. The maximum atomic E-state index is 12.4. The van der Waals surface area contributed by atoms with E-state index in [2.05, 4.69) is 5.10 Å². The average molecular weight is 322 g/mol. The van der Waals surface area contributed by atoms with Gasteiger partial charge in [0, 0.05) is 12.1 Å². The van der Waals surface area contributed by atoms with E-state index < -0.39 is 10.5 Å². The van der Waals surface area contributed by atoms with Gasteiger partial charge in [0.1, 0.15) is 18.0 Å². The van der Waals surface area contributed by atoms with Crippen molar-refractivity contribution >= 4 is 11.8 Å². The van der Waals surface area contributed by atoms with E-state index in [0.29, 0.717) is 0 Å². The van der Waals surface area contributed by atoms with Crippen molar-refractivity contribution in [3.8, 4) is 0 Å². The number of nitrogens with zero attached hydrogens (tertiary/aromatic N) is 4. The Labute approximate surface area is 134 Å². The molecule has 0 aliphatic carbocycles. The number of hydrogen-bond donors (Lipinski definition) is 0. The minimum Gasteiger partial charge on any atom is -0.444 e. The van der Waals surface area contributed by atoms with Crippen LogP contribution in [-0.2, 0) is 4.74 Å². The Kier molecular flexibility index (Phi) is 3.77. The van der Waals surface area contributed by atoms with E-state index in [-0.39, 0.29) is 29.9 Å². The second-order valence-corrected chi connectivity index (χ2v) is 7.33. The number of fused-ring (bicyclic) bond motifs is 2. The Balaban J connectivity index is 1.71. The van der Waals surface area contributed by atoms with E-state index >= 15 is 0 Å². The smallest absolute Gasteiger partial charge is 0.410 e. The summed E-state index contributed by atoms with van der Waals surface area (Å²) in [5.41, 5.74) is -0.498. The zero-order valence-electron chi connectivity index (χ0n) is 13.6. The van der Waals surface area contributed by atoms with Crippen molar-refractivity contribution in [2.45, 2.75) is 70.2 Å². The highest BCUT2D eigenvalue weighted by molar-refractivity contribution is 5.69. The number of carbonyl (C=O) groups is 1. The van der Waals surface area contributed by atoms with Gasteiger partial charge in [-0.2, -0.15) is 5.10 Å². The zero-order chi connectivity index (χ0) is 16.8. The molecule has 2 bridgehead atoms. The van der Waals surface area contributed by atoms with Gasteiger partial charge in [0.2, 0.25) is 0 Å². The zero-order valence-corrected chi connectivity index (χ0v) is 13.6. The fourth-order valence-corrected chi connectivity index (χ4v) is 3.60. The molecule has 23 heavy (non-hydrogen) atoms. The minimum atomic E-state index is -0.504. The lowest BCUT2D eigenvalue weighted by Gasteiger charge is -2.39. The summed E-state index contributed by atoms with van der Waals surface area (Å²) >= 11 is 0. The van der Waals surface area contributed by atoms with Gasteiger partial charge in [-0.1, -0.05) is 0 Å². The summed E-state index contributed by atoms with van der Waals surface area (Å²) in [5.74, 6) is 0. The van der Waals surface area contributed by atoms with Crippen molar-refractivity contribution < 1.29 is 14.5 Å². The van der Waals surface area contributed by atoms with Crippen LogP contribution in [0.15, 0.2) is 12.4 Å². The molecule has 126 valence electrons. The number of amides is 1. The van der Waals surface area contributed by atoms with Crippen molar-refractivity contribution in [1.29, 1.82) is 0 Å². The molecule has 2 aliphatic heterocycles. The first-order valence-electron chi connectivity index (χ1n) is 7.94. The molecule has 3 rings (SSSR count). The van der Waals surface area contributed by atoms with Crippen LogP contribution in [0, 0.1) is 10.1 Å². The molecule has 1 aromatic rings. The third-order valence-electron chi connectivity index (χ3n) is 4.49. The van der Waals surface area contributed by atoms with Gasteiger partial charge in [-0.05, 0) is 46.5 Å². The highest BCUT2D eigenvalue weighted by Crippen LogP contribution is 2.41. The quantitative estimate of drug-likeness (QED) is 0.617. The Morgan fingerprint density at radius 2 is 1.91 bits per heavy atom. The lowest BCUT2D eigenvalue weighted by molar-refractivity contribution is -0.385. The number of carbonyl (C=O) groups excluding carboxylic acids is 1. The number of piperidine rings is 1. The molecule has 0 saturated carbocycles. The Morgan fingerprint density at radius 3 is 2.39 bits per heavy atom. The minimum absolute atomic E-state index is 0.00641. The van der Waals surface area contributed by atoms with Crippen LogP contribution in [-0.4, -0.2) is 43.4 Å². The van der Waals surface area contributed by atoms with Crippen LogP contribution in [0.2, 0.25) is 0 Å². The fraction of sp³-hybridized carbons (Fsp3) is 0.733. The summed E-state index contributed by atoms with van der Waals surface area (Å²) in [6.07, 6.45) is 5.92. The second kappa shape index (κ2) is 5.50. The number of nitro groups is 1. The van der Waals surface area contributed by atoms with E-state index in [1.165, 1.54) is 12.4 Å². The molecule has 0 spiro atoms. The van der Waals surface area contributed by atoms with Gasteiger partial charge in [-0.3, -0.25) is 14.8 Å². The fourth-order valence-electron chi connectivity index (χ4n) is 3.60. The molecular weight excluding hydrogens is 300 g/mol. The highest BCUT2D eigenvalue weighted by Gasteiger charge is 2.45. The maximum Gasteiger partial charge on any atom is 0.410 e. The summed E-state index contributed by atoms with van der Waals surface area (Å²) in [6, 6.07) is 0.341. The molecule has 2 unspecified atom stereocenters. The average Bonchev–Trinajstić information content (AvgIpc) is 3.00. The van der Waals surface area contributed by atoms with Gasteiger partial charge in [0.25, 0.3) is 0 Å². The van der Waals surface area contributed by atoms with Gasteiger partial charge >= 0.3 is 11.8 Å². The maximum absolute atomic E-state index is 12.4. The molecule has 2 fully saturated rings. The van der Waals surface area contributed by atoms with Crippen LogP contribution in [0.4, 0.5) is 10.5 Å². The first-order valence-corrected chi connectivity index (χ1v) is 7.94. The van der Waals surface area contributed by atoms with Crippen molar-refractivity contribution in [2.75, 3.05) is 0 Å². The third kappa shape index (κ3) is 3.16. The normalized spacial score (nSPS) is 27.1. The summed E-state index contributed by atoms with van der Waals surface area (Å²) in [4.78, 5) is 24.6. The predicted octanol–water partition coefficient (Wildman–Crippen LogP) is 2.89. The van der Waals surface area contributed by atoms with E-state index in [0.717, 1.165) is 25.7 Å². The Bertz CT molecular complexity index is 607. The van der Waals surface area contributed by atoms with Gasteiger partial charge in [-0.15, -0.1) is 0 Å². The number of ether oxygens (including phenoxy) is 1. The van der Waals surface area contributed by atoms with Gasteiger partial charge in [-0.25, -0.2) is 4.79 Å². The molecule has 0 aromatic carbocycles. The van der Waals surface area contributed by atoms with Crippen LogP contribution < -0.4 is 0 Å². The molecule has 8 nitrogen and oxygen atoms in total. The van der Waals surface area contributed by atoms with Crippen molar-refractivity contribution in [3.05, 3.63) is 22.5 Å². The van der Waals surface area contributed by atoms with E-state index in [4.69, 9.17) is 4.74 Å². The topological polar surface area (TPSA) is 90.5 Å². The summed E-state index contributed by atoms with van der Waals surface area (Å²) in [6.45, 7) is 5.59. The SMILES string of the molecule is CC(C)(C)OC(=O)N1C2CCC1CC(n1cc([N+](=O)[O-])cn1)C2. The predicted molar refractivity (Wildman–Crippen MR) is 82.0 cm³/mol. The van der Waals surface area contributed by atoms with Crippen molar-refractivity contribution in [1.82, 2.24) is 14.7 Å². The third-order valence-corrected chi connectivity index (χ3v) is 4.49. The van der Waals surface area contributed by atoms with Crippen molar-refractivity contribution in [3.63, 3.8) is 0 Å². The first-order chi connectivity index (χ1) is 10.7. The van der Waals surface area contributed by atoms with E-state index in [1.54, 1.807) is 4.68 Å². The summed E-state index contributed by atoms with van der Waals surface area (Å²) < 4.78 is 7.19. The summed E-state index contributed by atoms with van der Waals surface area (Å²) in [7, 11) is 0. The van der Waals surface area contributed by atoms with Crippen LogP contribution in [0.25, 0.3) is 0 Å². The van der Waals surface area contributed by atoms with Crippen molar-refractivity contribution in [2.24, 2.45) is 0 Å². The van der Waals surface area contributed by atoms with Gasteiger partial charge < -0.3 is 9.64 Å². The molecule has 8 heteroatoms. The molecule has 0 N–H and O–H groups in total. The van der Waals surface area contributed by atoms with E-state index in [9.17, 15) is 14.9 Å². The number of rotatable bonds is 2.